The van der Waals surface area contributed by atoms with E-state index < -0.39 is 17.1 Å². The zero-order valence-electron chi connectivity index (χ0n) is 19.0. The Bertz CT molecular complexity index is 1160. The van der Waals surface area contributed by atoms with Crippen molar-refractivity contribution in [3.8, 4) is 17.2 Å². The Balaban J connectivity index is 1.90. The lowest BCUT2D eigenvalue weighted by atomic mass is 9.91. The first-order valence-corrected chi connectivity index (χ1v) is 11.3. The van der Waals surface area contributed by atoms with Crippen molar-refractivity contribution in [1.82, 2.24) is 10.2 Å². The van der Waals surface area contributed by atoms with Crippen LogP contribution in [0, 0.1) is 6.92 Å². The fourth-order valence-electron chi connectivity index (χ4n) is 3.62. The van der Waals surface area contributed by atoms with Gasteiger partial charge in [0.2, 0.25) is 17.1 Å². The third-order valence-electron chi connectivity index (χ3n) is 5.37. The quantitative estimate of drug-likeness (QED) is 0.438. The summed E-state index contributed by atoms with van der Waals surface area (Å²) >= 11 is 1.62. The number of likely N-dealkylation sites (N-methyl/N-ethyl adjacent to an activating group) is 1. The maximum absolute atomic E-state index is 13.0. The van der Waals surface area contributed by atoms with E-state index in [-0.39, 0.29) is 35.6 Å². The van der Waals surface area contributed by atoms with Crippen molar-refractivity contribution >= 4 is 17.2 Å². The third kappa shape index (κ3) is 5.74. The second kappa shape index (κ2) is 10.5. The number of carbonyl (C=O) groups is 1. The van der Waals surface area contributed by atoms with Crippen LogP contribution in [-0.4, -0.2) is 48.8 Å². The molecular weight excluding hydrogens is 444 g/mol. The summed E-state index contributed by atoms with van der Waals surface area (Å²) in [6.45, 7) is 1.99. The first-order valence-electron chi connectivity index (χ1n) is 10.4. The van der Waals surface area contributed by atoms with Gasteiger partial charge in [-0.15, -0.1) is 11.3 Å². The van der Waals surface area contributed by atoms with Gasteiger partial charge in [-0.25, -0.2) is 0 Å². The Hall–Kier alpha value is -3.30. The van der Waals surface area contributed by atoms with Gasteiger partial charge < -0.3 is 29.6 Å². The number of rotatable bonds is 9. The van der Waals surface area contributed by atoms with Crippen molar-refractivity contribution in [2.45, 2.75) is 25.3 Å². The van der Waals surface area contributed by atoms with E-state index >= 15 is 0 Å². The molecule has 3 aromatic rings. The number of phenols is 1. The van der Waals surface area contributed by atoms with Crippen LogP contribution in [0.25, 0.3) is 0 Å². The van der Waals surface area contributed by atoms with Crippen LogP contribution < -0.4 is 15.5 Å². The van der Waals surface area contributed by atoms with Crippen LogP contribution in [0.1, 0.15) is 40.3 Å². The van der Waals surface area contributed by atoms with Gasteiger partial charge in [-0.05, 0) is 50.2 Å². The predicted octanol–water partition coefficient (Wildman–Crippen LogP) is 3.37. The second-order valence-electron chi connectivity index (χ2n) is 7.92. The van der Waals surface area contributed by atoms with E-state index in [0.29, 0.717) is 17.9 Å². The Morgan fingerprint density at radius 1 is 1.24 bits per heavy atom. The average molecular weight is 473 g/mol. The normalized spacial score (nSPS) is 13.0. The number of hydrogen-bond donors (Lipinski definition) is 3. The monoisotopic (exact) mass is 472 g/mol. The van der Waals surface area contributed by atoms with E-state index in [2.05, 4.69) is 5.32 Å². The highest BCUT2D eigenvalue weighted by atomic mass is 32.1. The summed E-state index contributed by atoms with van der Waals surface area (Å²) in [5.41, 5.74) is -0.0402. The molecule has 0 saturated heterocycles. The molecule has 0 fully saturated rings. The van der Waals surface area contributed by atoms with E-state index in [1.165, 1.54) is 19.2 Å². The van der Waals surface area contributed by atoms with Crippen molar-refractivity contribution in [3.63, 3.8) is 0 Å². The SMILES string of the molecule is COc1cc(C(CC(=O)NCC(c2cccs2)N(C)C)c2oc(C)cc(=O)c2O)ccc1O. The van der Waals surface area contributed by atoms with Crippen LogP contribution in [0.5, 0.6) is 17.2 Å². The maximum Gasteiger partial charge on any atom is 0.227 e. The molecule has 1 amide bonds. The fraction of sp³-hybridized carbons (Fsp3) is 0.333. The standard InChI is InChI=1S/C24H28N2O6S/c1-14-10-19(28)23(30)24(32-14)16(15-7-8-18(27)20(11-15)31-4)12-22(29)25-13-17(26(2)3)21-6-5-9-33-21/h5-11,16-17,27,30H,12-13H2,1-4H3,(H,25,29). The van der Waals surface area contributed by atoms with Gasteiger partial charge in [0.15, 0.2) is 17.3 Å². The van der Waals surface area contributed by atoms with Crippen LogP contribution in [0.4, 0.5) is 0 Å². The first kappa shape index (κ1) is 24.3. The molecular formula is C24H28N2O6S. The lowest BCUT2D eigenvalue weighted by Gasteiger charge is -2.24. The molecule has 0 aliphatic heterocycles. The minimum Gasteiger partial charge on any atom is -0.504 e. The summed E-state index contributed by atoms with van der Waals surface area (Å²) in [6, 6.07) is 9.78. The molecule has 0 bridgehead atoms. The molecule has 176 valence electrons. The molecule has 2 atom stereocenters. The van der Waals surface area contributed by atoms with Gasteiger partial charge in [-0.2, -0.15) is 0 Å². The molecule has 2 aromatic heterocycles. The third-order valence-corrected chi connectivity index (χ3v) is 6.35. The maximum atomic E-state index is 13.0. The highest BCUT2D eigenvalue weighted by molar-refractivity contribution is 7.10. The number of ether oxygens (including phenoxy) is 1. The minimum atomic E-state index is -0.772. The van der Waals surface area contributed by atoms with E-state index in [1.54, 1.807) is 30.4 Å². The lowest BCUT2D eigenvalue weighted by Crippen LogP contribution is -2.34. The summed E-state index contributed by atoms with van der Waals surface area (Å²) < 4.78 is 10.9. The van der Waals surface area contributed by atoms with Gasteiger partial charge in [0, 0.05) is 23.9 Å². The Kier molecular flexibility index (Phi) is 7.78. The van der Waals surface area contributed by atoms with Gasteiger partial charge in [0.25, 0.3) is 0 Å². The first-order chi connectivity index (χ1) is 15.7. The van der Waals surface area contributed by atoms with Crippen molar-refractivity contribution < 1.29 is 24.2 Å². The smallest absolute Gasteiger partial charge is 0.227 e. The summed E-state index contributed by atoms with van der Waals surface area (Å²) in [4.78, 5) is 28.3. The summed E-state index contributed by atoms with van der Waals surface area (Å²) in [5.74, 6) is -1.15. The van der Waals surface area contributed by atoms with Crippen molar-refractivity contribution in [1.29, 1.82) is 0 Å². The molecule has 3 rings (SSSR count). The molecule has 8 nitrogen and oxygen atoms in total. The van der Waals surface area contributed by atoms with Crippen LogP contribution in [0.3, 0.4) is 0 Å². The highest BCUT2D eigenvalue weighted by Crippen LogP contribution is 2.37. The van der Waals surface area contributed by atoms with Crippen LogP contribution >= 0.6 is 11.3 Å². The molecule has 0 aliphatic rings. The Morgan fingerprint density at radius 2 is 2.00 bits per heavy atom. The van der Waals surface area contributed by atoms with Gasteiger partial charge in [0.1, 0.15) is 5.76 Å². The Labute approximate surface area is 196 Å². The fourth-order valence-corrected chi connectivity index (χ4v) is 4.54. The molecule has 33 heavy (non-hydrogen) atoms. The molecule has 0 aliphatic carbocycles. The van der Waals surface area contributed by atoms with Crippen LogP contribution in [-0.2, 0) is 4.79 Å². The molecule has 2 heterocycles. The van der Waals surface area contributed by atoms with Gasteiger partial charge >= 0.3 is 0 Å². The summed E-state index contributed by atoms with van der Waals surface area (Å²) in [7, 11) is 5.31. The van der Waals surface area contributed by atoms with E-state index in [9.17, 15) is 19.8 Å². The van der Waals surface area contributed by atoms with Crippen LogP contribution in [0.2, 0.25) is 0 Å². The predicted molar refractivity (Wildman–Crippen MR) is 126 cm³/mol. The number of benzene rings is 1. The van der Waals surface area contributed by atoms with Gasteiger partial charge in [0.05, 0.1) is 19.1 Å². The Morgan fingerprint density at radius 3 is 2.64 bits per heavy atom. The number of methoxy groups -OCH3 is 1. The van der Waals surface area contributed by atoms with Crippen molar-refractivity contribution in [2.24, 2.45) is 0 Å². The number of nitrogens with zero attached hydrogens (tertiary/aromatic N) is 1. The molecule has 3 N–H and O–H groups in total. The zero-order valence-corrected chi connectivity index (χ0v) is 19.8. The largest absolute Gasteiger partial charge is 0.504 e. The number of amides is 1. The number of hydrogen-bond acceptors (Lipinski definition) is 8. The topological polar surface area (TPSA) is 112 Å². The lowest BCUT2D eigenvalue weighted by molar-refractivity contribution is -0.121. The number of nitrogens with one attached hydrogen (secondary N) is 1. The van der Waals surface area contributed by atoms with Gasteiger partial charge in [-0.1, -0.05) is 12.1 Å². The number of aromatic hydroxyl groups is 2. The molecule has 1 aromatic carbocycles. The zero-order chi connectivity index (χ0) is 24.1. The van der Waals surface area contributed by atoms with E-state index in [4.69, 9.17) is 9.15 Å². The molecule has 9 heteroatoms. The number of thiophene rings is 1. The molecule has 0 spiro atoms. The number of aryl methyl sites for hydroxylation is 1. The molecule has 2 unspecified atom stereocenters. The summed E-state index contributed by atoms with van der Waals surface area (Å²) in [5, 5.41) is 25.4. The van der Waals surface area contributed by atoms with Crippen LogP contribution in [0.15, 0.2) is 51.0 Å². The number of carbonyl (C=O) groups excluding carboxylic acids is 1. The second-order valence-corrected chi connectivity index (χ2v) is 8.90. The number of phenolic OH excluding ortho intramolecular Hbond substituents is 1. The summed E-state index contributed by atoms with van der Waals surface area (Å²) in [6.07, 6.45) is -0.0848. The van der Waals surface area contributed by atoms with E-state index in [0.717, 1.165) is 4.88 Å². The average Bonchev–Trinajstić information content (AvgIpc) is 3.29. The molecule has 0 radical (unpaired) electrons. The van der Waals surface area contributed by atoms with Gasteiger partial charge in [-0.3, -0.25) is 9.59 Å². The minimum absolute atomic E-state index is 0.00599. The highest BCUT2D eigenvalue weighted by Gasteiger charge is 2.27. The van der Waals surface area contributed by atoms with Crippen molar-refractivity contribution in [3.05, 3.63) is 74.0 Å². The van der Waals surface area contributed by atoms with Crippen molar-refractivity contribution in [2.75, 3.05) is 27.7 Å². The molecule has 0 saturated carbocycles. The van der Waals surface area contributed by atoms with E-state index in [1.807, 2.05) is 36.5 Å².